The number of halogens is 1. The van der Waals surface area contributed by atoms with Gasteiger partial charge in [0.25, 0.3) is 0 Å². The first-order valence-corrected chi connectivity index (χ1v) is 9.29. The lowest BCUT2D eigenvalue weighted by Crippen LogP contribution is -2.45. The van der Waals surface area contributed by atoms with E-state index in [1.807, 2.05) is 30.3 Å². The molecular formula is C20H29IN4O. The Kier molecular flexibility index (Phi) is 8.41. The molecule has 0 aliphatic heterocycles. The predicted molar refractivity (Wildman–Crippen MR) is 117 cm³/mol. The van der Waals surface area contributed by atoms with E-state index in [0.29, 0.717) is 18.5 Å². The minimum atomic E-state index is 0. The molecule has 1 aliphatic carbocycles. The Balaban J connectivity index is 0.00000243. The maximum Gasteiger partial charge on any atom is 0.226 e. The normalized spacial score (nSPS) is 20.3. The number of guanidine groups is 1. The molecule has 3 rings (SSSR count). The summed E-state index contributed by atoms with van der Waals surface area (Å²) in [5, 5.41) is 6.91. The Morgan fingerprint density at radius 2 is 2.08 bits per heavy atom. The van der Waals surface area contributed by atoms with Crippen LogP contribution in [0.1, 0.15) is 45.2 Å². The van der Waals surface area contributed by atoms with Crippen molar-refractivity contribution in [3.05, 3.63) is 42.3 Å². The number of aromatic nitrogens is 1. The van der Waals surface area contributed by atoms with Crippen LogP contribution in [0.25, 0.3) is 11.5 Å². The van der Waals surface area contributed by atoms with Crippen LogP contribution in [0.2, 0.25) is 0 Å². The summed E-state index contributed by atoms with van der Waals surface area (Å²) < 4.78 is 5.59. The zero-order valence-corrected chi connectivity index (χ0v) is 17.9. The molecule has 1 heterocycles. The first-order chi connectivity index (χ1) is 12.2. The van der Waals surface area contributed by atoms with E-state index in [1.54, 1.807) is 6.26 Å². The maximum absolute atomic E-state index is 5.59. The van der Waals surface area contributed by atoms with Crippen molar-refractivity contribution in [3.8, 4) is 11.5 Å². The summed E-state index contributed by atoms with van der Waals surface area (Å²) in [5.41, 5.74) is 1.83. The molecule has 0 saturated heterocycles. The Hall–Kier alpha value is -1.57. The lowest BCUT2D eigenvalue weighted by atomic mass is 9.87. The third kappa shape index (κ3) is 6.00. The molecule has 2 unspecified atom stereocenters. The molecule has 0 radical (unpaired) electrons. The zero-order valence-electron chi connectivity index (χ0n) is 15.6. The topological polar surface area (TPSA) is 62.5 Å². The van der Waals surface area contributed by atoms with Gasteiger partial charge < -0.3 is 15.1 Å². The Morgan fingerprint density at radius 3 is 2.81 bits per heavy atom. The van der Waals surface area contributed by atoms with Crippen LogP contribution in [0.4, 0.5) is 0 Å². The lowest BCUT2D eigenvalue weighted by molar-refractivity contribution is 0.324. The van der Waals surface area contributed by atoms with Crippen molar-refractivity contribution in [2.24, 2.45) is 10.9 Å². The highest BCUT2D eigenvalue weighted by Crippen LogP contribution is 2.23. The van der Waals surface area contributed by atoms with Gasteiger partial charge in [0.2, 0.25) is 5.89 Å². The molecule has 1 saturated carbocycles. The van der Waals surface area contributed by atoms with Crippen molar-refractivity contribution in [2.45, 2.75) is 52.1 Å². The molecule has 2 atom stereocenters. The monoisotopic (exact) mass is 468 g/mol. The summed E-state index contributed by atoms with van der Waals surface area (Å²) in [6.07, 6.45) is 6.76. The standard InChI is InChI=1S/C20H28N4O.HI/c1-3-21-20(24-17-11-7-8-15(2)12-17)22-13-18-14-25-19(23-18)16-9-5-4-6-10-16;/h4-6,9-10,14-15,17H,3,7-8,11-13H2,1-2H3,(H2,21,22,24);1H. The SMILES string of the molecule is CCNC(=NCc1coc(-c2ccccc2)n1)NC1CCCC(C)C1.I. The predicted octanol–water partition coefficient (Wildman–Crippen LogP) is 4.59. The van der Waals surface area contributed by atoms with Gasteiger partial charge in [0.15, 0.2) is 5.96 Å². The molecule has 0 amide bonds. The summed E-state index contributed by atoms with van der Waals surface area (Å²) in [6, 6.07) is 10.5. The second kappa shape index (κ2) is 10.5. The van der Waals surface area contributed by atoms with Gasteiger partial charge in [-0.25, -0.2) is 9.98 Å². The van der Waals surface area contributed by atoms with E-state index in [4.69, 9.17) is 4.42 Å². The molecule has 142 valence electrons. The number of nitrogens with zero attached hydrogens (tertiary/aromatic N) is 2. The van der Waals surface area contributed by atoms with Crippen LogP contribution < -0.4 is 10.6 Å². The van der Waals surface area contributed by atoms with Gasteiger partial charge in [-0.3, -0.25) is 0 Å². The van der Waals surface area contributed by atoms with Crippen LogP contribution in [0.5, 0.6) is 0 Å². The van der Waals surface area contributed by atoms with E-state index in [9.17, 15) is 0 Å². The fourth-order valence-electron chi connectivity index (χ4n) is 3.33. The summed E-state index contributed by atoms with van der Waals surface area (Å²) in [5.74, 6) is 2.30. The Morgan fingerprint density at radius 1 is 1.27 bits per heavy atom. The van der Waals surface area contributed by atoms with Gasteiger partial charge in [0.1, 0.15) is 12.0 Å². The molecular weight excluding hydrogens is 439 g/mol. The third-order valence-electron chi connectivity index (χ3n) is 4.59. The fraction of sp³-hybridized carbons (Fsp3) is 0.500. The van der Waals surface area contributed by atoms with E-state index in [0.717, 1.165) is 29.7 Å². The largest absolute Gasteiger partial charge is 0.444 e. The Labute approximate surface area is 173 Å². The number of nitrogens with one attached hydrogen (secondary N) is 2. The molecule has 1 aliphatic rings. The number of hydrogen-bond donors (Lipinski definition) is 2. The number of oxazole rings is 1. The second-order valence-electron chi connectivity index (χ2n) is 6.82. The summed E-state index contributed by atoms with van der Waals surface area (Å²) in [4.78, 5) is 9.22. The highest BCUT2D eigenvalue weighted by atomic mass is 127. The Bertz CT molecular complexity index is 686. The van der Waals surface area contributed by atoms with Gasteiger partial charge in [-0.1, -0.05) is 38.0 Å². The molecule has 1 aromatic carbocycles. The average molecular weight is 468 g/mol. The first-order valence-electron chi connectivity index (χ1n) is 9.29. The number of aliphatic imine (C=N–C) groups is 1. The highest BCUT2D eigenvalue weighted by Gasteiger charge is 2.19. The van der Waals surface area contributed by atoms with Crippen molar-refractivity contribution in [1.82, 2.24) is 15.6 Å². The van der Waals surface area contributed by atoms with E-state index in [1.165, 1.54) is 25.7 Å². The van der Waals surface area contributed by atoms with Gasteiger partial charge in [-0.05, 0) is 37.8 Å². The van der Waals surface area contributed by atoms with Gasteiger partial charge in [-0.15, -0.1) is 24.0 Å². The highest BCUT2D eigenvalue weighted by molar-refractivity contribution is 14.0. The van der Waals surface area contributed by atoms with Gasteiger partial charge in [0, 0.05) is 18.2 Å². The van der Waals surface area contributed by atoms with Crippen LogP contribution in [-0.4, -0.2) is 23.5 Å². The van der Waals surface area contributed by atoms with Crippen molar-refractivity contribution >= 4 is 29.9 Å². The van der Waals surface area contributed by atoms with E-state index in [-0.39, 0.29) is 24.0 Å². The van der Waals surface area contributed by atoms with Crippen molar-refractivity contribution in [3.63, 3.8) is 0 Å². The zero-order chi connectivity index (χ0) is 17.5. The smallest absolute Gasteiger partial charge is 0.226 e. The molecule has 1 fully saturated rings. The van der Waals surface area contributed by atoms with Gasteiger partial charge in [-0.2, -0.15) is 0 Å². The molecule has 2 aromatic rings. The minimum absolute atomic E-state index is 0. The average Bonchev–Trinajstić information content (AvgIpc) is 3.10. The van der Waals surface area contributed by atoms with Crippen LogP contribution in [0, 0.1) is 5.92 Å². The molecule has 26 heavy (non-hydrogen) atoms. The molecule has 1 aromatic heterocycles. The van der Waals surface area contributed by atoms with E-state index < -0.39 is 0 Å². The van der Waals surface area contributed by atoms with E-state index in [2.05, 4.69) is 34.5 Å². The second-order valence-corrected chi connectivity index (χ2v) is 6.82. The summed E-state index contributed by atoms with van der Waals surface area (Å²) in [6.45, 7) is 5.78. The van der Waals surface area contributed by atoms with Gasteiger partial charge >= 0.3 is 0 Å². The fourth-order valence-corrected chi connectivity index (χ4v) is 3.33. The van der Waals surface area contributed by atoms with E-state index >= 15 is 0 Å². The summed E-state index contributed by atoms with van der Waals surface area (Å²) >= 11 is 0. The molecule has 0 bridgehead atoms. The van der Waals surface area contributed by atoms with Crippen LogP contribution >= 0.6 is 24.0 Å². The van der Waals surface area contributed by atoms with Crippen LogP contribution in [0.15, 0.2) is 46.0 Å². The maximum atomic E-state index is 5.59. The quantitative estimate of drug-likeness (QED) is 0.383. The summed E-state index contributed by atoms with van der Waals surface area (Å²) in [7, 11) is 0. The third-order valence-corrected chi connectivity index (χ3v) is 4.59. The van der Waals surface area contributed by atoms with Crippen molar-refractivity contribution in [2.75, 3.05) is 6.54 Å². The van der Waals surface area contributed by atoms with Crippen molar-refractivity contribution < 1.29 is 4.42 Å². The van der Waals surface area contributed by atoms with Crippen LogP contribution in [-0.2, 0) is 6.54 Å². The van der Waals surface area contributed by atoms with Crippen LogP contribution in [0.3, 0.4) is 0 Å². The first kappa shape index (κ1) is 20.7. The molecule has 5 nitrogen and oxygen atoms in total. The minimum Gasteiger partial charge on any atom is -0.444 e. The molecule has 0 spiro atoms. The number of benzene rings is 1. The number of hydrogen-bond acceptors (Lipinski definition) is 3. The molecule has 2 N–H and O–H groups in total. The molecule has 6 heteroatoms. The lowest BCUT2D eigenvalue weighted by Gasteiger charge is -2.28. The van der Waals surface area contributed by atoms with Crippen molar-refractivity contribution in [1.29, 1.82) is 0 Å². The number of rotatable bonds is 5. The van der Waals surface area contributed by atoms with Gasteiger partial charge in [0.05, 0.1) is 6.54 Å².